The first-order valence-electron chi connectivity index (χ1n) is 5.93. The molecule has 0 radical (unpaired) electrons. The van der Waals surface area contributed by atoms with Gasteiger partial charge >= 0.3 is 0 Å². The van der Waals surface area contributed by atoms with Crippen LogP contribution in [-0.2, 0) is 5.88 Å². The largest absolute Gasteiger partial charge is 0.282 e. The average Bonchev–Trinajstić information content (AvgIpc) is 2.88. The lowest BCUT2D eigenvalue weighted by Crippen LogP contribution is -2.26. The minimum atomic E-state index is -0.107. The Morgan fingerprint density at radius 1 is 1.21 bits per heavy atom. The van der Waals surface area contributed by atoms with E-state index in [4.69, 9.17) is 11.6 Å². The van der Waals surface area contributed by atoms with E-state index in [1.165, 1.54) is 0 Å². The lowest BCUT2D eigenvalue weighted by molar-refractivity contribution is 0.765. The number of rotatable bonds is 2. The maximum atomic E-state index is 12.6. The van der Waals surface area contributed by atoms with Crippen molar-refractivity contribution in [3.63, 3.8) is 0 Å². The highest BCUT2D eigenvalue weighted by atomic mass is 35.5. The number of aryl methyl sites for hydroxylation is 1. The highest BCUT2D eigenvalue weighted by Gasteiger charge is 2.13. The monoisotopic (exact) mass is 273 g/mol. The Hall–Kier alpha value is -2.07. The van der Waals surface area contributed by atoms with E-state index in [1.54, 1.807) is 27.4 Å². The van der Waals surface area contributed by atoms with Crippen molar-refractivity contribution in [3.8, 4) is 5.69 Å². The van der Waals surface area contributed by atoms with E-state index in [2.05, 4.69) is 5.10 Å². The molecule has 5 heteroatoms. The van der Waals surface area contributed by atoms with E-state index in [1.807, 2.05) is 31.2 Å². The molecule has 0 bridgehead atoms. The first-order chi connectivity index (χ1) is 9.22. The van der Waals surface area contributed by atoms with Crippen LogP contribution in [0.4, 0.5) is 0 Å². The number of halogens is 1. The SMILES string of the molecule is Cc1ccccc1-n1c(CCl)nn2cccc2c1=O. The van der Waals surface area contributed by atoms with Crippen LogP contribution >= 0.6 is 11.6 Å². The van der Waals surface area contributed by atoms with Gasteiger partial charge in [-0.3, -0.25) is 9.36 Å². The lowest BCUT2D eigenvalue weighted by Gasteiger charge is -2.13. The van der Waals surface area contributed by atoms with Gasteiger partial charge < -0.3 is 0 Å². The van der Waals surface area contributed by atoms with Crippen LogP contribution in [-0.4, -0.2) is 14.2 Å². The summed E-state index contributed by atoms with van der Waals surface area (Å²) in [5.41, 5.74) is 2.26. The van der Waals surface area contributed by atoms with Gasteiger partial charge in [-0.1, -0.05) is 18.2 Å². The number of hydrogen-bond donors (Lipinski definition) is 0. The Balaban J connectivity index is 2.43. The molecule has 0 aliphatic rings. The van der Waals surface area contributed by atoms with Crippen LogP contribution in [0.25, 0.3) is 11.2 Å². The van der Waals surface area contributed by atoms with Gasteiger partial charge in [0.25, 0.3) is 5.56 Å². The van der Waals surface area contributed by atoms with Gasteiger partial charge in [-0.2, -0.15) is 5.10 Å². The first kappa shape index (κ1) is 12.0. The predicted octanol–water partition coefficient (Wildman–Crippen LogP) is 2.53. The van der Waals surface area contributed by atoms with Crippen molar-refractivity contribution in [1.82, 2.24) is 14.2 Å². The molecule has 0 unspecified atom stereocenters. The smallest absolute Gasteiger partial charge is 0.266 e. The van der Waals surface area contributed by atoms with Crippen molar-refractivity contribution in [1.29, 1.82) is 0 Å². The van der Waals surface area contributed by atoms with Crippen LogP contribution in [0.3, 0.4) is 0 Å². The molecular weight excluding hydrogens is 262 g/mol. The molecule has 0 saturated heterocycles. The maximum absolute atomic E-state index is 12.6. The Bertz CT molecular complexity index is 804. The summed E-state index contributed by atoms with van der Waals surface area (Å²) in [6, 6.07) is 11.2. The highest BCUT2D eigenvalue weighted by molar-refractivity contribution is 6.16. The number of hydrogen-bond acceptors (Lipinski definition) is 2. The Morgan fingerprint density at radius 3 is 2.74 bits per heavy atom. The fourth-order valence-corrected chi connectivity index (χ4v) is 2.35. The quantitative estimate of drug-likeness (QED) is 0.673. The van der Waals surface area contributed by atoms with Crippen molar-refractivity contribution >= 4 is 17.1 Å². The first-order valence-corrected chi connectivity index (χ1v) is 6.47. The third-order valence-corrected chi connectivity index (χ3v) is 3.35. The molecule has 0 fully saturated rings. The molecule has 3 rings (SSSR count). The number of benzene rings is 1. The van der Waals surface area contributed by atoms with Crippen LogP contribution in [0.15, 0.2) is 47.4 Å². The summed E-state index contributed by atoms with van der Waals surface area (Å²) < 4.78 is 3.15. The molecule has 3 aromatic rings. The molecule has 0 aliphatic heterocycles. The second kappa shape index (κ2) is 4.55. The summed E-state index contributed by atoms with van der Waals surface area (Å²) in [6.07, 6.45) is 1.75. The van der Waals surface area contributed by atoms with Gasteiger partial charge in [-0.25, -0.2) is 4.52 Å². The van der Waals surface area contributed by atoms with Gasteiger partial charge in [0, 0.05) is 6.20 Å². The van der Waals surface area contributed by atoms with Crippen molar-refractivity contribution in [2.75, 3.05) is 0 Å². The molecule has 0 saturated carbocycles. The van der Waals surface area contributed by atoms with Crippen molar-refractivity contribution in [3.05, 3.63) is 64.3 Å². The Morgan fingerprint density at radius 2 is 2.00 bits per heavy atom. The molecule has 96 valence electrons. The number of nitrogens with zero attached hydrogens (tertiary/aromatic N) is 3. The fourth-order valence-electron chi connectivity index (χ4n) is 2.18. The molecular formula is C14H12ClN3O. The summed E-state index contributed by atoms with van der Waals surface area (Å²) in [6.45, 7) is 1.96. The molecule has 0 atom stereocenters. The van der Waals surface area contributed by atoms with E-state index in [-0.39, 0.29) is 11.4 Å². The molecule has 0 N–H and O–H groups in total. The number of para-hydroxylation sites is 1. The van der Waals surface area contributed by atoms with E-state index >= 15 is 0 Å². The van der Waals surface area contributed by atoms with Crippen molar-refractivity contribution in [2.24, 2.45) is 0 Å². The molecule has 0 spiro atoms. The molecule has 1 aromatic carbocycles. The molecule has 0 amide bonds. The highest BCUT2D eigenvalue weighted by Crippen LogP contribution is 2.14. The van der Waals surface area contributed by atoms with Crippen LogP contribution in [0.5, 0.6) is 0 Å². The minimum Gasteiger partial charge on any atom is -0.266 e. The lowest BCUT2D eigenvalue weighted by atomic mass is 10.2. The van der Waals surface area contributed by atoms with Gasteiger partial charge in [0.05, 0.1) is 11.6 Å². The zero-order chi connectivity index (χ0) is 13.4. The number of aromatic nitrogens is 3. The van der Waals surface area contributed by atoms with Crippen LogP contribution in [0.1, 0.15) is 11.4 Å². The van der Waals surface area contributed by atoms with Crippen molar-refractivity contribution < 1.29 is 0 Å². The normalized spacial score (nSPS) is 11.1. The van der Waals surface area contributed by atoms with E-state index in [0.717, 1.165) is 11.3 Å². The zero-order valence-corrected chi connectivity index (χ0v) is 11.1. The van der Waals surface area contributed by atoms with Crippen LogP contribution in [0, 0.1) is 6.92 Å². The summed E-state index contributed by atoms with van der Waals surface area (Å²) >= 11 is 5.94. The van der Waals surface area contributed by atoms with Crippen molar-refractivity contribution in [2.45, 2.75) is 12.8 Å². The summed E-state index contributed by atoms with van der Waals surface area (Å²) in [7, 11) is 0. The molecule has 0 aliphatic carbocycles. The van der Waals surface area contributed by atoms with E-state index in [0.29, 0.717) is 11.3 Å². The fraction of sp³-hybridized carbons (Fsp3) is 0.143. The van der Waals surface area contributed by atoms with E-state index in [9.17, 15) is 4.79 Å². The molecule has 2 heterocycles. The second-order valence-corrected chi connectivity index (χ2v) is 4.58. The van der Waals surface area contributed by atoms with Gasteiger partial charge in [0.2, 0.25) is 0 Å². The average molecular weight is 274 g/mol. The number of alkyl halides is 1. The maximum Gasteiger partial charge on any atom is 0.282 e. The van der Waals surface area contributed by atoms with Gasteiger partial charge in [-0.05, 0) is 30.7 Å². The third-order valence-electron chi connectivity index (χ3n) is 3.11. The summed E-state index contributed by atoms with van der Waals surface area (Å²) in [4.78, 5) is 12.6. The predicted molar refractivity (Wildman–Crippen MR) is 75.1 cm³/mol. The molecule has 4 nitrogen and oxygen atoms in total. The Labute approximate surface area is 114 Å². The molecule has 2 aromatic heterocycles. The van der Waals surface area contributed by atoms with Crippen LogP contribution in [0.2, 0.25) is 0 Å². The summed E-state index contributed by atoms with van der Waals surface area (Å²) in [5, 5.41) is 4.38. The standard InChI is InChI=1S/C14H12ClN3O/c1-10-5-2-3-6-11(10)18-13(9-15)16-17-8-4-7-12(17)14(18)19/h2-8H,9H2,1H3. The second-order valence-electron chi connectivity index (χ2n) is 4.31. The zero-order valence-electron chi connectivity index (χ0n) is 10.4. The molecule has 19 heavy (non-hydrogen) atoms. The van der Waals surface area contributed by atoms with Gasteiger partial charge in [0.1, 0.15) is 5.52 Å². The van der Waals surface area contributed by atoms with Gasteiger partial charge in [0.15, 0.2) is 5.82 Å². The van der Waals surface area contributed by atoms with Gasteiger partial charge in [-0.15, -0.1) is 11.6 Å². The third kappa shape index (κ3) is 1.85. The topological polar surface area (TPSA) is 39.3 Å². The minimum absolute atomic E-state index is 0.107. The Kier molecular flexibility index (Phi) is 2.87. The summed E-state index contributed by atoms with van der Waals surface area (Å²) in [5.74, 6) is 0.710. The number of fused-ring (bicyclic) bond motifs is 1. The van der Waals surface area contributed by atoms with Crippen LogP contribution < -0.4 is 5.56 Å². The van der Waals surface area contributed by atoms with E-state index < -0.39 is 0 Å².